The number of aliphatic imine (C=N–C) groups is 1. The first-order valence-electron chi connectivity index (χ1n) is 9.95. The molecule has 156 valence electrons. The van der Waals surface area contributed by atoms with Crippen LogP contribution in [0.4, 0.5) is 4.39 Å². The van der Waals surface area contributed by atoms with Gasteiger partial charge in [-0.3, -0.25) is 4.79 Å². The maximum atomic E-state index is 14.2. The molecule has 1 aromatic carbocycles. The molecule has 6 heteroatoms. The van der Waals surface area contributed by atoms with Gasteiger partial charge in [-0.05, 0) is 77.8 Å². The normalized spacial score (nSPS) is 18.8. The van der Waals surface area contributed by atoms with Crippen molar-refractivity contribution in [2.75, 3.05) is 7.11 Å². The van der Waals surface area contributed by atoms with E-state index in [0.717, 1.165) is 42.4 Å². The summed E-state index contributed by atoms with van der Waals surface area (Å²) < 4.78 is 19.2. The minimum Gasteiger partial charge on any atom is -0.494 e. The highest BCUT2D eigenvalue weighted by atomic mass is 19.1. The Balaban J connectivity index is 1.86. The number of carbonyl (C=O) groups excluding carboxylic acids is 1. The number of carbonyl (C=O) groups is 1. The first-order chi connectivity index (χ1) is 13.6. The summed E-state index contributed by atoms with van der Waals surface area (Å²) in [6, 6.07) is 4.86. The zero-order chi connectivity index (χ0) is 21.4. The topological polar surface area (TPSA) is 62.7 Å². The fourth-order valence-corrected chi connectivity index (χ4v) is 3.60. The minimum atomic E-state index is -0.539. The number of halogens is 1. The van der Waals surface area contributed by atoms with E-state index in [-0.39, 0.29) is 17.2 Å². The number of ether oxygens (including phenoxy) is 1. The van der Waals surface area contributed by atoms with Gasteiger partial charge in [0.25, 0.3) is 5.91 Å². The van der Waals surface area contributed by atoms with Crippen LogP contribution in [0.15, 0.2) is 45.7 Å². The Hall–Kier alpha value is -2.63. The van der Waals surface area contributed by atoms with E-state index in [9.17, 15) is 9.18 Å². The third-order valence-corrected chi connectivity index (χ3v) is 5.84. The molecule has 0 aliphatic heterocycles. The van der Waals surface area contributed by atoms with Crippen LogP contribution < -0.4 is 15.4 Å². The van der Waals surface area contributed by atoms with Crippen LogP contribution in [-0.4, -0.2) is 25.3 Å². The molecule has 0 unspecified atom stereocenters. The summed E-state index contributed by atoms with van der Waals surface area (Å²) in [6.07, 6.45) is 3.68. The lowest BCUT2D eigenvalue weighted by molar-refractivity contribution is -0.118. The summed E-state index contributed by atoms with van der Waals surface area (Å²) in [5.74, 6) is 0.224. The highest BCUT2D eigenvalue weighted by Gasteiger charge is 2.46. The lowest BCUT2D eigenvalue weighted by Crippen LogP contribution is -2.37. The molecule has 2 aliphatic carbocycles. The fraction of sp³-hybridized carbons (Fsp3) is 0.478. The van der Waals surface area contributed by atoms with Crippen molar-refractivity contribution in [3.63, 3.8) is 0 Å². The summed E-state index contributed by atoms with van der Waals surface area (Å²) in [5.41, 5.74) is 2.49. The quantitative estimate of drug-likeness (QED) is 0.388. The van der Waals surface area contributed by atoms with E-state index in [1.807, 2.05) is 26.8 Å². The molecule has 1 amide bonds. The second kappa shape index (κ2) is 7.65. The zero-order valence-electron chi connectivity index (χ0n) is 17.9. The molecule has 3 rings (SSSR count). The average molecular weight is 400 g/mol. The van der Waals surface area contributed by atoms with Crippen molar-refractivity contribution < 1.29 is 13.9 Å². The maximum absolute atomic E-state index is 14.2. The summed E-state index contributed by atoms with van der Waals surface area (Å²) in [6.45, 7) is 11.5. The minimum absolute atomic E-state index is 0.0271. The predicted molar refractivity (Wildman–Crippen MR) is 113 cm³/mol. The Bertz CT molecular complexity index is 905. The second-order valence-electron chi connectivity index (χ2n) is 8.58. The third-order valence-electron chi connectivity index (χ3n) is 5.84. The molecule has 2 aliphatic rings. The van der Waals surface area contributed by atoms with E-state index >= 15 is 0 Å². The molecule has 0 aromatic heterocycles. The molecule has 0 atom stereocenters. The summed E-state index contributed by atoms with van der Waals surface area (Å²) >= 11 is 0. The number of amides is 1. The molecule has 2 N–H and O–H groups in total. The molecule has 5 nitrogen and oxygen atoms in total. The smallest absolute Gasteiger partial charge is 0.252 e. The van der Waals surface area contributed by atoms with Gasteiger partial charge >= 0.3 is 0 Å². The van der Waals surface area contributed by atoms with Crippen LogP contribution in [0.1, 0.15) is 58.9 Å². The van der Waals surface area contributed by atoms with Crippen LogP contribution in [-0.2, 0) is 10.3 Å². The standard InChI is InChI=1S/C23H30FN3O2/c1-14(2)19(15(3)20(25-5)26-22(4)9-10-22)21(28)27-23(11-12-23)16-7-8-18(29-6)17(24)13-16/h7-8,13,26H,5,9-12H2,1-4,6H3,(H,27,28)/b20-15-. The van der Waals surface area contributed by atoms with Gasteiger partial charge in [0, 0.05) is 16.7 Å². The van der Waals surface area contributed by atoms with Crippen molar-refractivity contribution in [3.05, 3.63) is 52.1 Å². The van der Waals surface area contributed by atoms with Crippen molar-refractivity contribution in [2.24, 2.45) is 4.99 Å². The molecule has 29 heavy (non-hydrogen) atoms. The molecule has 0 bridgehead atoms. The molecule has 0 radical (unpaired) electrons. The zero-order valence-corrected chi connectivity index (χ0v) is 17.9. The van der Waals surface area contributed by atoms with Crippen molar-refractivity contribution in [3.8, 4) is 5.75 Å². The van der Waals surface area contributed by atoms with Gasteiger partial charge in [-0.2, -0.15) is 0 Å². The molecule has 2 saturated carbocycles. The van der Waals surface area contributed by atoms with Crippen LogP contribution in [0.3, 0.4) is 0 Å². The van der Waals surface area contributed by atoms with Gasteiger partial charge in [0.1, 0.15) is 5.82 Å². The summed E-state index contributed by atoms with van der Waals surface area (Å²) in [4.78, 5) is 17.4. The van der Waals surface area contributed by atoms with E-state index < -0.39 is 11.4 Å². The van der Waals surface area contributed by atoms with Gasteiger partial charge in [-0.1, -0.05) is 11.6 Å². The number of benzene rings is 1. The maximum Gasteiger partial charge on any atom is 0.252 e. The van der Waals surface area contributed by atoms with E-state index in [2.05, 4.69) is 29.3 Å². The van der Waals surface area contributed by atoms with Gasteiger partial charge in [0.15, 0.2) is 11.6 Å². The van der Waals surface area contributed by atoms with Crippen molar-refractivity contribution in [2.45, 2.75) is 64.5 Å². The summed E-state index contributed by atoms with van der Waals surface area (Å²) in [7, 11) is 1.43. The van der Waals surface area contributed by atoms with Crippen LogP contribution in [0.2, 0.25) is 0 Å². The van der Waals surface area contributed by atoms with Crippen molar-refractivity contribution >= 4 is 12.6 Å². The van der Waals surface area contributed by atoms with Crippen molar-refractivity contribution in [1.82, 2.24) is 10.6 Å². The SMILES string of the molecule is C=N/C(NC1(C)CC1)=C(\C)C(C(=O)NC1(c2ccc(OC)c(F)c2)CC1)=C(C)C. The van der Waals surface area contributed by atoms with Gasteiger partial charge in [-0.15, -0.1) is 0 Å². The van der Waals surface area contributed by atoms with Crippen LogP contribution in [0.5, 0.6) is 5.75 Å². The lowest BCUT2D eigenvalue weighted by atomic mass is 9.99. The van der Waals surface area contributed by atoms with Gasteiger partial charge in [0.2, 0.25) is 0 Å². The average Bonchev–Trinajstić information content (AvgIpc) is 3.58. The Morgan fingerprint density at radius 3 is 2.28 bits per heavy atom. The number of hydrogen-bond acceptors (Lipinski definition) is 4. The number of nitrogens with one attached hydrogen (secondary N) is 2. The largest absolute Gasteiger partial charge is 0.494 e. The van der Waals surface area contributed by atoms with Gasteiger partial charge in [-0.25, -0.2) is 9.38 Å². The van der Waals surface area contributed by atoms with E-state index in [1.54, 1.807) is 6.07 Å². The molecule has 0 saturated heterocycles. The number of nitrogens with zero attached hydrogens (tertiary/aromatic N) is 1. The van der Waals surface area contributed by atoms with E-state index in [0.29, 0.717) is 11.4 Å². The monoisotopic (exact) mass is 399 g/mol. The Morgan fingerprint density at radius 1 is 1.17 bits per heavy atom. The molecule has 0 spiro atoms. The number of hydrogen-bond donors (Lipinski definition) is 2. The molecule has 0 heterocycles. The molecular weight excluding hydrogens is 369 g/mol. The van der Waals surface area contributed by atoms with E-state index in [1.165, 1.54) is 13.2 Å². The number of rotatable bonds is 8. The van der Waals surface area contributed by atoms with Crippen molar-refractivity contribution in [1.29, 1.82) is 0 Å². The van der Waals surface area contributed by atoms with Gasteiger partial charge < -0.3 is 15.4 Å². The molecule has 1 aromatic rings. The number of methoxy groups -OCH3 is 1. The number of allylic oxidation sites excluding steroid dienone is 1. The first kappa shape index (κ1) is 21.1. The van der Waals surface area contributed by atoms with Crippen LogP contribution >= 0.6 is 0 Å². The van der Waals surface area contributed by atoms with Crippen LogP contribution in [0, 0.1) is 5.82 Å². The highest BCUT2D eigenvalue weighted by molar-refractivity contribution is 5.99. The Kier molecular flexibility index (Phi) is 5.57. The third kappa shape index (κ3) is 4.36. The molecular formula is C23H30FN3O2. The Labute approximate surface area is 172 Å². The molecule has 2 fully saturated rings. The van der Waals surface area contributed by atoms with Crippen LogP contribution in [0.25, 0.3) is 0 Å². The lowest BCUT2D eigenvalue weighted by Gasteiger charge is -2.22. The first-order valence-corrected chi connectivity index (χ1v) is 9.95. The Morgan fingerprint density at radius 2 is 1.83 bits per heavy atom. The summed E-state index contributed by atoms with van der Waals surface area (Å²) in [5, 5.41) is 6.55. The fourth-order valence-electron chi connectivity index (χ4n) is 3.60. The predicted octanol–water partition coefficient (Wildman–Crippen LogP) is 4.35. The second-order valence-corrected chi connectivity index (χ2v) is 8.58. The van der Waals surface area contributed by atoms with Gasteiger partial charge in [0.05, 0.1) is 12.6 Å². The highest BCUT2D eigenvalue weighted by Crippen LogP contribution is 2.46. The van der Waals surface area contributed by atoms with E-state index in [4.69, 9.17) is 4.74 Å².